The zero-order valence-electron chi connectivity index (χ0n) is 16.4. The van der Waals surface area contributed by atoms with E-state index >= 15 is 0 Å². The van der Waals surface area contributed by atoms with Crippen molar-refractivity contribution in [3.8, 4) is 17.1 Å². The molecule has 6 nitrogen and oxygen atoms in total. The Kier molecular flexibility index (Phi) is 5.95. The first-order chi connectivity index (χ1) is 15.1. The smallest absolute Gasteiger partial charge is 0.416 e. The van der Waals surface area contributed by atoms with Crippen molar-refractivity contribution in [1.82, 2.24) is 4.72 Å². The van der Waals surface area contributed by atoms with Crippen molar-refractivity contribution in [2.75, 3.05) is 6.61 Å². The van der Waals surface area contributed by atoms with Crippen LogP contribution in [-0.2, 0) is 17.1 Å². The van der Waals surface area contributed by atoms with Crippen LogP contribution in [0.2, 0.25) is 5.02 Å². The molecule has 1 saturated carbocycles. The molecule has 11 heteroatoms. The molecule has 0 unspecified atom stereocenters. The molecule has 0 bridgehead atoms. The van der Waals surface area contributed by atoms with Crippen molar-refractivity contribution in [2.45, 2.75) is 31.0 Å². The largest absolute Gasteiger partial charge is 0.493 e. The van der Waals surface area contributed by atoms with E-state index in [1.807, 2.05) is 0 Å². The van der Waals surface area contributed by atoms with Crippen molar-refractivity contribution < 1.29 is 30.7 Å². The lowest BCUT2D eigenvalue weighted by Gasteiger charge is -2.17. The van der Waals surface area contributed by atoms with Crippen LogP contribution in [0.25, 0.3) is 22.3 Å². The molecule has 0 saturated heterocycles. The first kappa shape index (κ1) is 22.6. The fraction of sp³-hybridized carbons (Fsp3) is 0.286. The Morgan fingerprint density at radius 1 is 1.16 bits per heavy atom. The van der Waals surface area contributed by atoms with Gasteiger partial charge in [-0.3, -0.25) is 4.79 Å². The van der Waals surface area contributed by atoms with Crippen molar-refractivity contribution in [2.24, 2.45) is 0 Å². The molecule has 1 N–H and O–H groups in total. The molecule has 1 aliphatic rings. The standard InChI is InChI=1S/C21H17ClF3NO5S/c22-15-3-1-2-13-16(27)11-18(31-19(13)15)14-5-4-12(21(23,24)25)10-17(14)30-9-8-20(6-7-20)26-32(28)29/h1-5,10-11,32H,6-9H2,(H,26,28,29). The molecule has 0 spiro atoms. The van der Waals surface area contributed by atoms with E-state index in [4.69, 9.17) is 20.8 Å². The summed E-state index contributed by atoms with van der Waals surface area (Å²) in [6.07, 6.45) is -3.09. The number of ether oxygens (including phenoxy) is 1. The molecule has 0 radical (unpaired) electrons. The highest BCUT2D eigenvalue weighted by atomic mass is 35.5. The first-order valence-electron chi connectivity index (χ1n) is 9.57. The summed E-state index contributed by atoms with van der Waals surface area (Å²) < 4.78 is 75.6. The third kappa shape index (κ3) is 4.77. The average molecular weight is 488 g/mol. The lowest BCUT2D eigenvalue weighted by atomic mass is 10.1. The van der Waals surface area contributed by atoms with E-state index < -0.39 is 33.6 Å². The monoisotopic (exact) mass is 487 g/mol. The van der Waals surface area contributed by atoms with E-state index in [0.717, 1.165) is 12.1 Å². The summed E-state index contributed by atoms with van der Waals surface area (Å²) in [4.78, 5) is 12.5. The SMILES string of the molecule is O=c1cc(-c2ccc(C(F)(F)F)cc2OCCC2(N[SH](=O)=O)CC2)oc2c(Cl)cccc12. The van der Waals surface area contributed by atoms with Gasteiger partial charge in [-0.05, 0) is 43.2 Å². The molecular weight excluding hydrogens is 471 g/mol. The van der Waals surface area contributed by atoms with Crippen LogP contribution in [0, 0.1) is 0 Å². The van der Waals surface area contributed by atoms with Crippen molar-refractivity contribution in [3.05, 3.63) is 63.3 Å². The average Bonchev–Trinajstić information content (AvgIpc) is 3.46. The molecule has 0 amide bonds. The van der Waals surface area contributed by atoms with Crippen molar-refractivity contribution >= 4 is 33.5 Å². The highest BCUT2D eigenvalue weighted by Crippen LogP contribution is 2.41. The summed E-state index contributed by atoms with van der Waals surface area (Å²) in [6, 6.07) is 8.68. The van der Waals surface area contributed by atoms with Crippen LogP contribution in [0.4, 0.5) is 13.2 Å². The Labute approximate surface area is 187 Å². The van der Waals surface area contributed by atoms with Gasteiger partial charge in [-0.15, -0.1) is 0 Å². The second kappa shape index (κ2) is 8.42. The van der Waals surface area contributed by atoms with Crippen LogP contribution in [0.5, 0.6) is 5.75 Å². The first-order valence-corrected chi connectivity index (χ1v) is 11.1. The van der Waals surface area contributed by atoms with E-state index in [2.05, 4.69) is 4.72 Å². The third-order valence-electron chi connectivity index (χ3n) is 5.30. The third-order valence-corrected chi connectivity index (χ3v) is 6.26. The minimum Gasteiger partial charge on any atom is -0.493 e. The molecule has 170 valence electrons. The van der Waals surface area contributed by atoms with Crippen LogP contribution in [-0.4, -0.2) is 20.6 Å². The van der Waals surface area contributed by atoms with Gasteiger partial charge in [0, 0.05) is 18.0 Å². The van der Waals surface area contributed by atoms with Gasteiger partial charge in [0.25, 0.3) is 0 Å². The fourth-order valence-corrected chi connectivity index (χ4v) is 4.35. The second-order valence-corrected chi connectivity index (χ2v) is 8.69. The number of fused-ring (bicyclic) bond motifs is 1. The van der Waals surface area contributed by atoms with Gasteiger partial charge >= 0.3 is 6.18 Å². The van der Waals surface area contributed by atoms with Crippen LogP contribution >= 0.6 is 11.6 Å². The van der Waals surface area contributed by atoms with Crippen LogP contribution in [0.3, 0.4) is 0 Å². The van der Waals surface area contributed by atoms with Crippen LogP contribution in [0.15, 0.2) is 51.7 Å². The zero-order valence-corrected chi connectivity index (χ0v) is 18.0. The van der Waals surface area contributed by atoms with Gasteiger partial charge in [-0.2, -0.15) is 13.2 Å². The van der Waals surface area contributed by atoms with Gasteiger partial charge in [-0.25, -0.2) is 13.1 Å². The summed E-state index contributed by atoms with van der Waals surface area (Å²) in [7, 11) is -2.80. The van der Waals surface area contributed by atoms with Crippen molar-refractivity contribution in [1.29, 1.82) is 0 Å². The molecule has 1 heterocycles. The molecule has 3 aromatic rings. The van der Waals surface area contributed by atoms with Gasteiger partial charge < -0.3 is 9.15 Å². The number of halogens is 4. The molecular formula is C21H17ClF3NO5S. The van der Waals surface area contributed by atoms with Crippen LogP contribution in [0.1, 0.15) is 24.8 Å². The van der Waals surface area contributed by atoms with Gasteiger partial charge in [0.1, 0.15) is 11.5 Å². The van der Waals surface area contributed by atoms with E-state index in [9.17, 15) is 26.4 Å². The number of rotatable bonds is 7. The maximum Gasteiger partial charge on any atom is 0.416 e. The Morgan fingerprint density at radius 3 is 2.56 bits per heavy atom. The van der Waals surface area contributed by atoms with Gasteiger partial charge in [0.15, 0.2) is 11.0 Å². The number of thiol groups is 1. The summed E-state index contributed by atoms with van der Waals surface area (Å²) >= 11 is 6.13. The second-order valence-electron chi connectivity index (χ2n) is 7.55. The topological polar surface area (TPSA) is 85.6 Å². The minimum atomic E-state index is -4.61. The summed E-state index contributed by atoms with van der Waals surface area (Å²) in [5.41, 5.74) is -1.71. The predicted molar refractivity (Wildman–Crippen MR) is 113 cm³/mol. The molecule has 1 aromatic heterocycles. The number of hydrogen-bond acceptors (Lipinski definition) is 5. The number of nitrogens with one attached hydrogen (secondary N) is 1. The lowest BCUT2D eigenvalue weighted by Crippen LogP contribution is -2.31. The Bertz CT molecular complexity index is 1310. The predicted octanol–water partition coefficient (Wildman–Crippen LogP) is 4.55. The maximum absolute atomic E-state index is 13.3. The quantitative estimate of drug-likeness (QED) is 0.478. The Morgan fingerprint density at radius 2 is 1.91 bits per heavy atom. The number of hydrogen-bond donors (Lipinski definition) is 2. The highest BCUT2D eigenvalue weighted by Gasteiger charge is 2.43. The molecule has 1 fully saturated rings. The summed E-state index contributed by atoms with van der Waals surface area (Å²) in [5, 5.41) is 0.424. The van der Waals surface area contributed by atoms with E-state index in [1.165, 1.54) is 24.3 Å². The lowest BCUT2D eigenvalue weighted by molar-refractivity contribution is -0.137. The molecule has 4 rings (SSSR count). The number of alkyl halides is 3. The Hall–Kier alpha value is -2.56. The molecule has 32 heavy (non-hydrogen) atoms. The van der Waals surface area contributed by atoms with Crippen LogP contribution < -0.4 is 14.9 Å². The normalized spacial score (nSPS) is 15.3. The number of benzene rings is 2. The van der Waals surface area contributed by atoms with Crippen molar-refractivity contribution in [3.63, 3.8) is 0 Å². The summed E-state index contributed by atoms with van der Waals surface area (Å²) in [6.45, 7) is -0.0386. The zero-order chi connectivity index (χ0) is 23.1. The molecule has 0 aliphatic heterocycles. The minimum absolute atomic E-state index is 0.00113. The van der Waals surface area contributed by atoms with E-state index in [-0.39, 0.29) is 46.1 Å². The summed E-state index contributed by atoms with van der Waals surface area (Å²) in [5.74, 6) is -0.141. The maximum atomic E-state index is 13.3. The van der Waals surface area contributed by atoms with Gasteiger partial charge in [0.05, 0.1) is 28.1 Å². The van der Waals surface area contributed by atoms with E-state index in [0.29, 0.717) is 12.8 Å². The van der Waals surface area contributed by atoms with Gasteiger partial charge in [0.2, 0.25) is 10.9 Å². The molecule has 0 atom stereocenters. The van der Waals surface area contributed by atoms with Gasteiger partial charge in [-0.1, -0.05) is 17.7 Å². The fourth-order valence-electron chi connectivity index (χ4n) is 3.42. The van der Waals surface area contributed by atoms with E-state index in [1.54, 1.807) is 6.07 Å². The molecule has 1 aliphatic carbocycles. The Balaban J connectivity index is 1.71. The number of para-hydroxylation sites is 1. The molecule has 2 aromatic carbocycles. The highest BCUT2D eigenvalue weighted by molar-refractivity contribution is 7.70.